The van der Waals surface area contributed by atoms with Crippen molar-refractivity contribution < 1.29 is 19.0 Å². The molecule has 2 aromatic rings. The smallest absolute Gasteiger partial charge is 0.262 e. The van der Waals surface area contributed by atoms with Crippen LogP contribution in [0.4, 0.5) is 5.69 Å². The first-order valence-corrected chi connectivity index (χ1v) is 8.22. The van der Waals surface area contributed by atoms with Crippen LogP contribution in [0.5, 0.6) is 17.2 Å². The predicted octanol–water partition coefficient (Wildman–Crippen LogP) is 4.64. The number of methoxy groups -OCH3 is 2. The predicted molar refractivity (Wildman–Crippen MR) is 99.6 cm³/mol. The topological polar surface area (TPSA) is 56.8 Å². The standard InChI is InChI=1S/C18H19Cl2NO4/c1-10-5-12(6-11(2)18(10)20)25-9-17(22)21-14-8-15(23-3)13(19)7-16(14)24-4/h5-8H,9H2,1-4H3,(H,21,22). The maximum atomic E-state index is 12.2. The average molecular weight is 384 g/mol. The molecule has 134 valence electrons. The number of halogens is 2. The maximum Gasteiger partial charge on any atom is 0.262 e. The second-order valence-corrected chi connectivity index (χ2v) is 6.18. The van der Waals surface area contributed by atoms with Crippen LogP contribution in [0.25, 0.3) is 0 Å². The summed E-state index contributed by atoms with van der Waals surface area (Å²) in [5.74, 6) is 1.10. The van der Waals surface area contributed by atoms with Crippen molar-refractivity contribution in [1.29, 1.82) is 0 Å². The van der Waals surface area contributed by atoms with E-state index >= 15 is 0 Å². The van der Waals surface area contributed by atoms with Crippen LogP contribution in [0.1, 0.15) is 11.1 Å². The average Bonchev–Trinajstić information content (AvgIpc) is 2.58. The lowest BCUT2D eigenvalue weighted by Crippen LogP contribution is -2.20. The summed E-state index contributed by atoms with van der Waals surface area (Å²) in [5, 5.41) is 3.80. The summed E-state index contributed by atoms with van der Waals surface area (Å²) in [4.78, 5) is 12.2. The fourth-order valence-corrected chi connectivity index (χ4v) is 2.62. The molecule has 7 heteroatoms. The third-order valence-electron chi connectivity index (χ3n) is 3.53. The molecule has 0 aliphatic heterocycles. The highest BCUT2D eigenvalue weighted by Gasteiger charge is 2.13. The van der Waals surface area contributed by atoms with Gasteiger partial charge in [-0.2, -0.15) is 0 Å². The Kier molecular flexibility index (Phi) is 6.39. The third kappa shape index (κ3) is 4.71. The van der Waals surface area contributed by atoms with Crippen LogP contribution >= 0.6 is 23.2 Å². The minimum Gasteiger partial charge on any atom is -0.495 e. The molecule has 0 aromatic heterocycles. The van der Waals surface area contributed by atoms with Crippen molar-refractivity contribution in [1.82, 2.24) is 0 Å². The van der Waals surface area contributed by atoms with Gasteiger partial charge in [0.05, 0.1) is 24.9 Å². The summed E-state index contributed by atoms with van der Waals surface area (Å²) in [6, 6.07) is 6.74. The fraction of sp³-hybridized carbons (Fsp3) is 0.278. The fourth-order valence-electron chi connectivity index (χ4n) is 2.28. The first kappa shape index (κ1) is 19.2. The maximum absolute atomic E-state index is 12.2. The number of aryl methyl sites for hydroxylation is 2. The molecule has 0 aliphatic carbocycles. The number of amides is 1. The Morgan fingerprint density at radius 1 is 1.00 bits per heavy atom. The number of benzene rings is 2. The molecule has 25 heavy (non-hydrogen) atoms. The van der Waals surface area contributed by atoms with Gasteiger partial charge in [0.25, 0.3) is 5.91 Å². The Morgan fingerprint density at radius 3 is 2.16 bits per heavy atom. The van der Waals surface area contributed by atoms with Gasteiger partial charge in [0, 0.05) is 17.2 Å². The Labute approximate surface area is 156 Å². The summed E-state index contributed by atoms with van der Waals surface area (Å²) in [6.45, 7) is 3.61. The molecule has 0 aliphatic rings. The van der Waals surface area contributed by atoms with Crippen LogP contribution in [0.3, 0.4) is 0 Å². The molecule has 0 atom stereocenters. The monoisotopic (exact) mass is 383 g/mol. The highest BCUT2D eigenvalue weighted by molar-refractivity contribution is 6.32. The lowest BCUT2D eigenvalue weighted by atomic mass is 10.1. The normalized spacial score (nSPS) is 10.3. The summed E-state index contributed by atoms with van der Waals surface area (Å²) in [5.41, 5.74) is 2.23. The zero-order valence-electron chi connectivity index (χ0n) is 14.4. The number of hydrogen-bond acceptors (Lipinski definition) is 4. The van der Waals surface area contributed by atoms with Crippen molar-refractivity contribution in [2.24, 2.45) is 0 Å². The highest BCUT2D eigenvalue weighted by atomic mass is 35.5. The van der Waals surface area contributed by atoms with E-state index in [0.29, 0.717) is 33.0 Å². The number of ether oxygens (including phenoxy) is 3. The van der Waals surface area contributed by atoms with Gasteiger partial charge in [-0.15, -0.1) is 0 Å². The van der Waals surface area contributed by atoms with Gasteiger partial charge < -0.3 is 19.5 Å². The first-order valence-electron chi connectivity index (χ1n) is 7.46. The van der Waals surface area contributed by atoms with Crippen molar-refractivity contribution in [2.45, 2.75) is 13.8 Å². The second-order valence-electron chi connectivity index (χ2n) is 5.39. The van der Waals surface area contributed by atoms with Crippen LogP contribution in [-0.2, 0) is 4.79 Å². The van der Waals surface area contributed by atoms with E-state index in [1.807, 2.05) is 13.8 Å². The van der Waals surface area contributed by atoms with Crippen molar-refractivity contribution >= 4 is 34.8 Å². The largest absolute Gasteiger partial charge is 0.495 e. The Hall–Kier alpha value is -2.11. The van der Waals surface area contributed by atoms with E-state index in [0.717, 1.165) is 11.1 Å². The summed E-state index contributed by atoms with van der Waals surface area (Å²) < 4.78 is 15.9. The van der Waals surface area contributed by atoms with E-state index in [1.165, 1.54) is 14.2 Å². The summed E-state index contributed by atoms with van der Waals surface area (Å²) in [7, 11) is 2.98. The molecule has 2 rings (SSSR count). The number of hydrogen-bond donors (Lipinski definition) is 1. The first-order chi connectivity index (χ1) is 11.8. The number of carbonyl (C=O) groups excluding carboxylic acids is 1. The van der Waals surface area contributed by atoms with Crippen molar-refractivity contribution in [2.75, 3.05) is 26.1 Å². The molecule has 0 radical (unpaired) electrons. The van der Waals surface area contributed by atoms with E-state index in [-0.39, 0.29) is 12.5 Å². The molecule has 0 saturated heterocycles. The molecule has 0 saturated carbocycles. The zero-order valence-corrected chi connectivity index (χ0v) is 15.9. The van der Waals surface area contributed by atoms with Gasteiger partial charge in [-0.1, -0.05) is 23.2 Å². The number of carbonyl (C=O) groups is 1. The highest BCUT2D eigenvalue weighted by Crippen LogP contribution is 2.35. The Balaban J connectivity index is 2.08. The molecular weight excluding hydrogens is 365 g/mol. The van der Waals surface area contributed by atoms with E-state index < -0.39 is 0 Å². The van der Waals surface area contributed by atoms with E-state index in [4.69, 9.17) is 37.4 Å². The Morgan fingerprint density at radius 2 is 1.60 bits per heavy atom. The van der Waals surface area contributed by atoms with Crippen LogP contribution in [0, 0.1) is 13.8 Å². The minimum atomic E-state index is -0.340. The van der Waals surface area contributed by atoms with E-state index in [1.54, 1.807) is 24.3 Å². The van der Waals surface area contributed by atoms with Gasteiger partial charge in [-0.05, 0) is 37.1 Å². The van der Waals surface area contributed by atoms with E-state index in [9.17, 15) is 4.79 Å². The third-order valence-corrected chi connectivity index (χ3v) is 4.42. The molecule has 0 heterocycles. The molecule has 0 fully saturated rings. The molecule has 0 spiro atoms. The minimum absolute atomic E-state index is 0.158. The molecule has 2 aromatic carbocycles. The van der Waals surface area contributed by atoms with E-state index in [2.05, 4.69) is 5.32 Å². The van der Waals surface area contributed by atoms with Gasteiger partial charge in [-0.3, -0.25) is 4.79 Å². The van der Waals surface area contributed by atoms with Gasteiger partial charge >= 0.3 is 0 Å². The number of nitrogens with one attached hydrogen (secondary N) is 1. The Bertz CT molecular complexity index is 770. The van der Waals surface area contributed by atoms with Crippen LogP contribution in [-0.4, -0.2) is 26.7 Å². The quantitative estimate of drug-likeness (QED) is 0.788. The molecule has 1 N–H and O–H groups in total. The summed E-state index contributed by atoms with van der Waals surface area (Å²) in [6.07, 6.45) is 0. The second kappa shape index (κ2) is 8.32. The lowest BCUT2D eigenvalue weighted by molar-refractivity contribution is -0.118. The van der Waals surface area contributed by atoms with Gasteiger partial charge in [0.1, 0.15) is 17.2 Å². The zero-order chi connectivity index (χ0) is 18.6. The molecule has 0 unspecified atom stereocenters. The van der Waals surface area contributed by atoms with Gasteiger partial charge in [0.2, 0.25) is 0 Å². The summed E-state index contributed by atoms with van der Waals surface area (Å²) >= 11 is 12.2. The molecule has 5 nitrogen and oxygen atoms in total. The number of anilines is 1. The SMILES string of the molecule is COc1cc(NC(=O)COc2cc(C)c(Cl)c(C)c2)c(OC)cc1Cl. The number of rotatable bonds is 6. The van der Waals surface area contributed by atoms with Gasteiger partial charge in [-0.25, -0.2) is 0 Å². The van der Waals surface area contributed by atoms with Crippen LogP contribution < -0.4 is 19.5 Å². The lowest BCUT2D eigenvalue weighted by Gasteiger charge is -2.14. The molecule has 1 amide bonds. The van der Waals surface area contributed by atoms with Crippen LogP contribution in [0.15, 0.2) is 24.3 Å². The van der Waals surface area contributed by atoms with Gasteiger partial charge in [0.15, 0.2) is 6.61 Å². The molecule has 0 bridgehead atoms. The van der Waals surface area contributed by atoms with Crippen LogP contribution in [0.2, 0.25) is 10.0 Å². The van der Waals surface area contributed by atoms with Crippen molar-refractivity contribution in [3.63, 3.8) is 0 Å². The van der Waals surface area contributed by atoms with Crippen molar-refractivity contribution in [3.8, 4) is 17.2 Å². The molecular formula is C18H19Cl2NO4. The van der Waals surface area contributed by atoms with Crippen molar-refractivity contribution in [3.05, 3.63) is 45.4 Å².